The zero-order chi connectivity index (χ0) is 10.6. The van der Waals surface area contributed by atoms with Gasteiger partial charge in [0.05, 0.1) is 14.1 Å². The molecule has 1 amide bonds. The van der Waals surface area contributed by atoms with Crippen molar-refractivity contribution in [3.63, 3.8) is 0 Å². The Bertz CT molecular complexity index is 306. The van der Waals surface area contributed by atoms with E-state index in [1.165, 1.54) is 5.56 Å². The number of benzene rings is 1. The number of likely N-dealkylation sites (N-methyl/N-ethyl adjacent to an activating group) is 1. The van der Waals surface area contributed by atoms with Crippen molar-refractivity contribution in [2.75, 3.05) is 20.6 Å². The highest BCUT2D eigenvalue weighted by atomic mass is 16.1. The molecule has 1 aromatic rings. The number of rotatable bonds is 4. The fourth-order valence-electron chi connectivity index (χ4n) is 1.56. The van der Waals surface area contributed by atoms with Crippen molar-refractivity contribution in [1.29, 1.82) is 0 Å². The Morgan fingerprint density at radius 1 is 1.29 bits per heavy atom. The Morgan fingerprint density at radius 2 is 1.86 bits per heavy atom. The first-order chi connectivity index (χ1) is 6.49. The highest BCUT2D eigenvalue weighted by molar-refractivity contribution is 5.74. The molecular weight excluding hydrogens is 176 g/mol. The normalized spacial score (nSPS) is 11.3. The minimum Gasteiger partial charge on any atom is -0.365 e. The molecule has 1 rings (SSSR count). The molecule has 0 atom stereocenters. The Kier molecular flexibility index (Phi) is 3.25. The van der Waals surface area contributed by atoms with Crippen LogP contribution >= 0.6 is 0 Å². The number of quaternary nitrogens is 1. The number of hydrogen-bond acceptors (Lipinski definition) is 1. The third kappa shape index (κ3) is 3.58. The Balaban J connectivity index is 2.63. The van der Waals surface area contributed by atoms with E-state index >= 15 is 0 Å². The van der Waals surface area contributed by atoms with Crippen LogP contribution in [-0.2, 0) is 11.3 Å². The lowest BCUT2D eigenvalue weighted by Gasteiger charge is -2.28. The van der Waals surface area contributed by atoms with Crippen LogP contribution < -0.4 is 5.73 Å². The highest BCUT2D eigenvalue weighted by Crippen LogP contribution is 2.07. The third-order valence-electron chi connectivity index (χ3n) is 2.04. The third-order valence-corrected chi connectivity index (χ3v) is 2.04. The smallest absolute Gasteiger partial charge is 0.272 e. The molecule has 0 radical (unpaired) electrons. The summed E-state index contributed by atoms with van der Waals surface area (Å²) >= 11 is 0. The van der Waals surface area contributed by atoms with Crippen molar-refractivity contribution in [2.24, 2.45) is 5.73 Å². The van der Waals surface area contributed by atoms with Crippen LogP contribution in [0.15, 0.2) is 30.3 Å². The number of nitrogens with zero attached hydrogens (tertiary/aromatic N) is 1. The van der Waals surface area contributed by atoms with Gasteiger partial charge in [0.1, 0.15) is 6.54 Å². The molecule has 0 saturated carbocycles. The molecule has 3 nitrogen and oxygen atoms in total. The van der Waals surface area contributed by atoms with Crippen LogP contribution in [0, 0.1) is 0 Å². The zero-order valence-corrected chi connectivity index (χ0v) is 8.73. The SMILES string of the molecule is C[N+](C)(CC(N)=O)Cc1ccccc1. The van der Waals surface area contributed by atoms with Crippen molar-refractivity contribution in [3.05, 3.63) is 35.9 Å². The summed E-state index contributed by atoms with van der Waals surface area (Å²) in [5.74, 6) is -0.258. The van der Waals surface area contributed by atoms with Gasteiger partial charge in [-0.3, -0.25) is 4.79 Å². The van der Waals surface area contributed by atoms with Gasteiger partial charge in [0, 0.05) is 5.56 Å². The second kappa shape index (κ2) is 4.24. The molecule has 0 aliphatic rings. The fourth-order valence-corrected chi connectivity index (χ4v) is 1.56. The zero-order valence-electron chi connectivity index (χ0n) is 8.73. The first kappa shape index (κ1) is 10.7. The Hall–Kier alpha value is -1.35. The van der Waals surface area contributed by atoms with E-state index in [0.29, 0.717) is 11.0 Å². The molecule has 0 heterocycles. The summed E-state index contributed by atoms with van der Waals surface area (Å²) < 4.78 is 0.597. The lowest BCUT2D eigenvalue weighted by molar-refractivity contribution is -0.895. The number of carbonyl (C=O) groups excluding carboxylic acids is 1. The van der Waals surface area contributed by atoms with E-state index in [2.05, 4.69) is 12.1 Å². The summed E-state index contributed by atoms with van der Waals surface area (Å²) in [4.78, 5) is 10.8. The molecule has 76 valence electrons. The molecule has 1 aromatic carbocycles. The molecule has 2 N–H and O–H groups in total. The summed E-state index contributed by atoms with van der Waals surface area (Å²) in [5.41, 5.74) is 6.40. The highest BCUT2D eigenvalue weighted by Gasteiger charge is 2.18. The maximum Gasteiger partial charge on any atom is 0.272 e. The number of primary amides is 1. The molecule has 0 fully saturated rings. The molecule has 0 saturated heterocycles. The van der Waals surface area contributed by atoms with Crippen LogP contribution in [0.1, 0.15) is 5.56 Å². The van der Waals surface area contributed by atoms with Gasteiger partial charge in [-0.25, -0.2) is 0 Å². The Labute approximate surface area is 84.7 Å². The lowest BCUT2D eigenvalue weighted by Crippen LogP contribution is -2.45. The monoisotopic (exact) mass is 193 g/mol. The van der Waals surface area contributed by atoms with E-state index < -0.39 is 0 Å². The van der Waals surface area contributed by atoms with Crippen LogP contribution in [-0.4, -0.2) is 31.0 Å². The molecule has 0 aliphatic heterocycles. The number of hydrogen-bond donors (Lipinski definition) is 1. The fraction of sp³-hybridized carbons (Fsp3) is 0.364. The standard InChI is InChI=1S/C11H16N2O/c1-13(2,9-11(12)14)8-10-6-4-3-5-7-10/h3-7H,8-9H2,1-2H3,(H-,12,14)/p+1. The maximum absolute atomic E-state index is 10.8. The van der Waals surface area contributed by atoms with Crippen molar-refractivity contribution < 1.29 is 9.28 Å². The summed E-state index contributed by atoms with van der Waals surface area (Å²) in [6, 6.07) is 10.1. The summed E-state index contributed by atoms with van der Waals surface area (Å²) in [7, 11) is 4.00. The molecule has 0 spiro atoms. The summed E-state index contributed by atoms with van der Waals surface area (Å²) in [5, 5.41) is 0. The van der Waals surface area contributed by atoms with Crippen LogP contribution in [0.2, 0.25) is 0 Å². The number of nitrogens with two attached hydrogens (primary N) is 1. The number of amides is 1. The van der Waals surface area contributed by atoms with Gasteiger partial charge in [0.25, 0.3) is 5.91 Å². The van der Waals surface area contributed by atoms with Gasteiger partial charge in [0.15, 0.2) is 6.54 Å². The summed E-state index contributed by atoms with van der Waals surface area (Å²) in [6.45, 7) is 1.19. The van der Waals surface area contributed by atoms with Crippen LogP contribution in [0.4, 0.5) is 0 Å². The first-order valence-corrected chi connectivity index (χ1v) is 4.64. The maximum atomic E-state index is 10.8. The van der Waals surface area contributed by atoms with Gasteiger partial charge >= 0.3 is 0 Å². The summed E-state index contributed by atoms with van der Waals surface area (Å²) in [6.07, 6.45) is 0. The van der Waals surface area contributed by atoms with E-state index in [0.717, 1.165) is 6.54 Å². The first-order valence-electron chi connectivity index (χ1n) is 4.64. The van der Waals surface area contributed by atoms with Gasteiger partial charge in [-0.15, -0.1) is 0 Å². The van der Waals surface area contributed by atoms with E-state index in [1.807, 2.05) is 32.3 Å². The van der Waals surface area contributed by atoms with Gasteiger partial charge in [-0.2, -0.15) is 0 Å². The number of carbonyl (C=O) groups is 1. The average molecular weight is 193 g/mol. The van der Waals surface area contributed by atoms with E-state index in [4.69, 9.17) is 5.73 Å². The minimum atomic E-state index is -0.258. The Morgan fingerprint density at radius 3 is 2.36 bits per heavy atom. The quantitative estimate of drug-likeness (QED) is 0.704. The second-order valence-electron chi connectivity index (χ2n) is 4.20. The minimum absolute atomic E-state index is 0.258. The molecule has 0 aliphatic carbocycles. The molecule has 14 heavy (non-hydrogen) atoms. The van der Waals surface area contributed by atoms with E-state index in [9.17, 15) is 4.79 Å². The largest absolute Gasteiger partial charge is 0.365 e. The molecular formula is C11H17N2O+. The van der Waals surface area contributed by atoms with Crippen molar-refractivity contribution in [1.82, 2.24) is 0 Å². The average Bonchev–Trinajstić information content (AvgIpc) is 2.02. The van der Waals surface area contributed by atoms with Crippen molar-refractivity contribution in [2.45, 2.75) is 6.54 Å². The predicted octanol–water partition coefficient (Wildman–Crippen LogP) is 0.748. The van der Waals surface area contributed by atoms with E-state index in [1.54, 1.807) is 0 Å². The van der Waals surface area contributed by atoms with Gasteiger partial charge in [-0.05, 0) is 0 Å². The second-order valence-corrected chi connectivity index (χ2v) is 4.20. The molecule has 0 unspecified atom stereocenters. The van der Waals surface area contributed by atoms with Crippen LogP contribution in [0.3, 0.4) is 0 Å². The lowest BCUT2D eigenvalue weighted by atomic mass is 10.2. The van der Waals surface area contributed by atoms with Crippen LogP contribution in [0.5, 0.6) is 0 Å². The van der Waals surface area contributed by atoms with Crippen LogP contribution in [0.25, 0.3) is 0 Å². The van der Waals surface area contributed by atoms with E-state index in [-0.39, 0.29) is 5.91 Å². The van der Waals surface area contributed by atoms with Gasteiger partial charge < -0.3 is 10.2 Å². The van der Waals surface area contributed by atoms with Crippen molar-refractivity contribution in [3.8, 4) is 0 Å². The molecule has 0 aromatic heterocycles. The topological polar surface area (TPSA) is 43.1 Å². The van der Waals surface area contributed by atoms with Gasteiger partial charge in [-0.1, -0.05) is 30.3 Å². The van der Waals surface area contributed by atoms with Gasteiger partial charge in [0.2, 0.25) is 0 Å². The van der Waals surface area contributed by atoms with Crippen molar-refractivity contribution >= 4 is 5.91 Å². The predicted molar refractivity (Wildman–Crippen MR) is 56.3 cm³/mol. The molecule has 0 bridgehead atoms. The molecule has 3 heteroatoms.